The van der Waals surface area contributed by atoms with Gasteiger partial charge >= 0.3 is 0 Å². The fourth-order valence-corrected chi connectivity index (χ4v) is 2.40. The van der Waals surface area contributed by atoms with Gasteiger partial charge in [-0.2, -0.15) is 0 Å². The minimum atomic E-state index is 0.396. The van der Waals surface area contributed by atoms with Crippen LogP contribution in [0.15, 0.2) is 39.9 Å². The fraction of sp³-hybridized carbons (Fsp3) is 0.357. The van der Waals surface area contributed by atoms with Gasteiger partial charge in [0.05, 0.1) is 18.6 Å². The zero-order chi connectivity index (χ0) is 11.8. The summed E-state index contributed by atoms with van der Waals surface area (Å²) in [4.78, 5) is 6.65. The second-order valence-electron chi connectivity index (χ2n) is 4.74. The van der Waals surface area contributed by atoms with Gasteiger partial charge in [-0.05, 0) is 0 Å². The highest BCUT2D eigenvalue weighted by Gasteiger charge is 2.25. The summed E-state index contributed by atoms with van der Waals surface area (Å²) in [5.74, 6) is 2.64. The Hall–Kier alpha value is -1.77. The molecule has 3 rings (SSSR count). The lowest BCUT2D eigenvalue weighted by molar-refractivity contribution is 0.479. The third-order valence-corrected chi connectivity index (χ3v) is 3.35. The molecule has 1 aromatic heterocycles. The first-order valence-corrected chi connectivity index (χ1v) is 5.92. The van der Waals surface area contributed by atoms with E-state index < -0.39 is 0 Å². The average molecular weight is 228 g/mol. The van der Waals surface area contributed by atoms with Crippen molar-refractivity contribution < 1.29 is 4.42 Å². The van der Waals surface area contributed by atoms with Crippen LogP contribution >= 0.6 is 0 Å². The van der Waals surface area contributed by atoms with Crippen LogP contribution in [0, 0.1) is 0 Å². The zero-order valence-electron chi connectivity index (χ0n) is 10.2. The van der Waals surface area contributed by atoms with E-state index in [4.69, 9.17) is 4.42 Å². The van der Waals surface area contributed by atoms with Gasteiger partial charge in [-0.1, -0.05) is 24.3 Å². The van der Waals surface area contributed by atoms with E-state index in [1.165, 1.54) is 10.8 Å². The summed E-state index contributed by atoms with van der Waals surface area (Å²) >= 11 is 0. The molecule has 0 spiro atoms. The summed E-state index contributed by atoms with van der Waals surface area (Å²) in [5.41, 5.74) is 0. The minimum Gasteiger partial charge on any atom is -0.468 e. The molecule has 2 aromatic rings. The van der Waals surface area contributed by atoms with E-state index >= 15 is 0 Å². The predicted octanol–water partition coefficient (Wildman–Crippen LogP) is 2.88. The van der Waals surface area contributed by atoms with Crippen molar-refractivity contribution in [1.82, 2.24) is 4.90 Å². The number of hydrogen-bond donors (Lipinski definition) is 0. The van der Waals surface area contributed by atoms with E-state index in [2.05, 4.69) is 28.1 Å². The molecular formula is C14H16N2O. The highest BCUT2D eigenvalue weighted by atomic mass is 16.3. The van der Waals surface area contributed by atoms with Crippen LogP contribution in [0.3, 0.4) is 0 Å². The van der Waals surface area contributed by atoms with Crippen molar-refractivity contribution in [1.29, 1.82) is 0 Å². The van der Waals surface area contributed by atoms with Crippen molar-refractivity contribution in [2.75, 3.05) is 20.6 Å². The molecule has 0 aliphatic carbocycles. The maximum atomic E-state index is 5.74. The largest absolute Gasteiger partial charge is 0.468 e. The van der Waals surface area contributed by atoms with Gasteiger partial charge in [-0.3, -0.25) is 4.99 Å². The second kappa shape index (κ2) is 3.91. The maximum absolute atomic E-state index is 5.74. The van der Waals surface area contributed by atoms with Gasteiger partial charge in [0.25, 0.3) is 0 Å². The number of fused-ring (bicyclic) bond motifs is 1. The van der Waals surface area contributed by atoms with E-state index in [0.717, 1.165) is 24.6 Å². The van der Waals surface area contributed by atoms with Crippen LogP contribution in [0.25, 0.3) is 10.8 Å². The summed E-state index contributed by atoms with van der Waals surface area (Å²) in [6.45, 7) is 0.838. The summed E-state index contributed by atoms with van der Waals surface area (Å²) in [5, 5.41) is 2.41. The first-order chi connectivity index (χ1) is 8.25. The summed E-state index contributed by atoms with van der Waals surface area (Å²) in [7, 11) is 4.09. The standard InChI is InChI=1S/C14H16N2O/c1-16(2)13-7-11(8-15-13)14-12-6-4-3-5-10(12)9-17-14/h3-6,9,11H,7-8H2,1-2H3. The van der Waals surface area contributed by atoms with Gasteiger partial charge in [0.2, 0.25) is 0 Å². The Bertz CT molecular complexity index is 568. The topological polar surface area (TPSA) is 28.7 Å². The molecule has 1 aromatic carbocycles. The number of amidine groups is 1. The Morgan fingerprint density at radius 3 is 2.88 bits per heavy atom. The van der Waals surface area contributed by atoms with Gasteiger partial charge in [-0.15, -0.1) is 0 Å². The van der Waals surface area contributed by atoms with Crippen LogP contribution in [0.1, 0.15) is 18.1 Å². The number of nitrogens with zero attached hydrogens (tertiary/aromatic N) is 2. The van der Waals surface area contributed by atoms with E-state index in [1.54, 1.807) is 0 Å². The fourth-order valence-electron chi connectivity index (χ4n) is 2.40. The Labute approximate surface area is 101 Å². The van der Waals surface area contributed by atoms with Crippen molar-refractivity contribution in [3.8, 4) is 0 Å². The Morgan fingerprint density at radius 2 is 2.12 bits per heavy atom. The monoisotopic (exact) mass is 228 g/mol. The lowest BCUT2D eigenvalue weighted by Gasteiger charge is -2.12. The number of aliphatic imine (C=N–C) groups is 1. The van der Waals surface area contributed by atoms with Crippen molar-refractivity contribution in [3.63, 3.8) is 0 Å². The third kappa shape index (κ3) is 1.71. The van der Waals surface area contributed by atoms with E-state index in [-0.39, 0.29) is 0 Å². The summed E-state index contributed by atoms with van der Waals surface area (Å²) < 4.78 is 5.74. The van der Waals surface area contributed by atoms with Crippen molar-refractivity contribution in [2.24, 2.45) is 4.99 Å². The van der Waals surface area contributed by atoms with Crippen molar-refractivity contribution >= 4 is 16.6 Å². The Kier molecular flexibility index (Phi) is 2.39. The van der Waals surface area contributed by atoms with Gasteiger partial charge in [0.1, 0.15) is 5.76 Å². The number of rotatable bonds is 1. The SMILES string of the molecule is CN(C)C1=NCC(c2occ3ccccc23)C1. The first kappa shape index (κ1) is 10.4. The second-order valence-corrected chi connectivity index (χ2v) is 4.74. The van der Waals surface area contributed by atoms with E-state index in [0.29, 0.717) is 5.92 Å². The Balaban J connectivity index is 1.92. The normalized spacial score (nSPS) is 19.6. The predicted molar refractivity (Wildman–Crippen MR) is 69.6 cm³/mol. The molecule has 88 valence electrons. The van der Waals surface area contributed by atoms with Crippen LogP contribution in [0.2, 0.25) is 0 Å². The van der Waals surface area contributed by atoms with E-state index in [1.807, 2.05) is 26.4 Å². The van der Waals surface area contributed by atoms with Crippen LogP contribution in [-0.2, 0) is 0 Å². The molecule has 1 unspecified atom stereocenters. The molecular weight excluding hydrogens is 212 g/mol. The highest BCUT2D eigenvalue weighted by Crippen LogP contribution is 2.32. The van der Waals surface area contributed by atoms with Crippen LogP contribution in [0.5, 0.6) is 0 Å². The molecule has 0 radical (unpaired) electrons. The van der Waals surface area contributed by atoms with Crippen LogP contribution < -0.4 is 0 Å². The maximum Gasteiger partial charge on any atom is 0.116 e. The number of benzene rings is 1. The van der Waals surface area contributed by atoms with Crippen molar-refractivity contribution in [3.05, 3.63) is 36.3 Å². The molecule has 0 bridgehead atoms. The lowest BCUT2D eigenvalue weighted by Crippen LogP contribution is -2.20. The molecule has 0 amide bonds. The highest BCUT2D eigenvalue weighted by molar-refractivity contribution is 5.88. The molecule has 0 fully saturated rings. The molecule has 3 nitrogen and oxygen atoms in total. The number of hydrogen-bond acceptors (Lipinski definition) is 3. The van der Waals surface area contributed by atoms with Gasteiger partial charge < -0.3 is 9.32 Å². The smallest absolute Gasteiger partial charge is 0.116 e. The molecule has 0 saturated carbocycles. The third-order valence-electron chi connectivity index (χ3n) is 3.35. The molecule has 1 aliphatic rings. The van der Waals surface area contributed by atoms with Crippen LogP contribution in [-0.4, -0.2) is 31.4 Å². The van der Waals surface area contributed by atoms with Crippen molar-refractivity contribution in [2.45, 2.75) is 12.3 Å². The molecule has 0 N–H and O–H groups in total. The summed E-state index contributed by atoms with van der Waals surface area (Å²) in [6, 6.07) is 8.31. The summed E-state index contributed by atoms with van der Waals surface area (Å²) in [6.07, 6.45) is 2.82. The molecule has 17 heavy (non-hydrogen) atoms. The molecule has 3 heteroatoms. The molecule has 2 heterocycles. The lowest BCUT2D eigenvalue weighted by atomic mass is 10.0. The molecule has 1 aliphatic heterocycles. The quantitative estimate of drug-likeness (QED) is 0.751. The Morgan fingerprint density at radius 1 is 1.29 bits per heavy atom. The van der Waals surface area contributed by atoms with E-state index in [9.17, 15) is 0 Å². The molecule has 1 atom stereocenters. The number of furan rings is 1. The first-order valence-electron chi connectivity index (χ1n) is 5.92. The van der Waals surface area contributed by atoms with Crippen LogP contribution in [0.4, 0.5) is 0 Å². The van der Waals surface area contributed by atoms with Gasteiger partial charge in [0, 0.05) is 37.2 Å². The van der Waals surface area contributed by atoms with Gasteiger partial charge in [0.15, 0.2) is 0 Å². The zero-order valence-corrected chi connectivity index (χ0v) is 10.2. The average Bonchev–Trinajstić information content (AvgIpc) is 2.95. The van der Waals surface area contributed by atoms with Gasteiger partial charge in [-0.25, -0.2) is 0 Å². The minimum absolute atomic E-state index is 0.396. The molecule has 0 saturated heterocycles.